The van der Waals surface area contributed by atoms with E-state index in [1.807, 2.05) is 45.0 Å². The van der Waals surface area contributed by atoms with Crippen molar-refractivity contribution in [2.45, 2.75) is 39.8 Å². The molecule has 0 aliphatic carbocycles. The van der Waals surface area contributed by atoms with E-state index in [0.29, 0.717) is 36.0 Å². The normalized spacial score (nSPS) is 10.5. The topological polar surface area (TPSA) is 68.8 Å². The van der Waals surface area contributed by atoms with Crippen LogP contribution in [0.25, 0.3) is 0 Å². The molecule has 1 amide bonds. The number of benzene rings is 2. The smallest absolute Gasteiger partial charge is 0.261 e. The largest absolute Gasteiger partial charge is 0.493 e. The van der Waals surface area contributed by atoms with Crippen molar-refractivity contribution in [3.05, 3.63) is 52.0 Å². The van der Waals surface area contributed by atoms with E-state index in [9.17, 15) is 4.79 Å². The van der Waals surface area contributed by atoms with Gasteiger partial charge in [0.2, 0.25) is 0 Å². The van der Waals surface area contributed by atoms with Crippen LogP contribution in [0.5, 0.6) is 17.2 Å². The molecule has 0 aromatic heterocycles. The zero-order chi connectivity index (χ0) is 22.1. The average Bonchev–Trinajstić information content (AvgIpc) is 2.71. The zero-order valence-corrected chi connectivity index (χ0v) is 20.0. The molecule has 0 heterocycles. The van der Waals surface area contributed by atoms with Gasteiger partial charge in [0.05, 0.1) is 25.4 Å². The van der Waals surface area contributed by atoms with Crippen LogP contribution in [0.1, 0.15) is 43.1 Å². The number of carbonyl (C=O) groups excluding carboxylic acids is 1. The maximum Gasteiger partial charge on any atom is 0.261 e. The van der Waals surface area contributed by atoms with Crippen molar-refractivity contribution < 1.29 is 19.0 Å². The van der Waals surface area contributed by atoms with Gasteiger partial charge in [-0.15, -0.1) is 0 Å². The van der Waals surface area contributed by atoms with Crippen LogP contribution in [0.3, 0.4) is 0 Å². The minimum absolute atomic E-state index is 0.0536. The van der Waals surface area contributed by atoms with Crippen molar-refractivity contribution in [1.29, 1.82) is 0 Å². The molecule has 0 spiro atoms. The Balaban J connectivity index is 1.99. The van der Waals surface area contributed by atoms with Crippen molar-refractivity contribution in [3.63, 3.8) is 0 Å². The molecular weight excluding hydrogens is 468 g/mol. The molecule has 0 unspecified atom stereocenters. The summed E-state index contributed by atoms with van der Waals surface area (Å²) in [7, 11) is 1.60. The van der Waals surface area contributed by atoms with Crippen molar-refractivity contribution >= 4 is 39.2 Å². The standard InChI is InChI=1S/C22H27BrN2O4S/c1-5-10-28-19-8-6-15(11-20(19)27-4)13-24-22(30)25-21(26)17-12-16(23)7-9-18(17)29-14(2)3/h6-9,11-12,14H,5,10,13H2,1-4H3,(H2,24,25,26,30). The molecule has 0 aliphatic heterocycles. The Morgan fingerprint density at radius 3 is 2.53 bits per heavy atom. The van der Waals surface area contributed by atoms with E-state index in [1.54, 1.807) is 19.2 Å². The third kappa shape index (κ3) is 7.18. The summed E-state index contributed by atoms with van der Waals surface area (Å²) >= 11 is 8.67. The average molecular weight is 495 g/mol. The first-order valence-corrected chi connectivity index (χ1v) is 10.9. The number of methoxy groups -OCH3 is 1. The summed E-state index contributed by atoms with van der Waals surface area (Å²) < 4.78 is 17.6. The summed E-state index contributed by atoms with van der Waals surface area (Å²) in [5.41, 5.74) is 1.35. The maximum atomic E-state index is 12.7. The highest BCUT2D eigenvalue weighted by atomic mass is 79.9. The van der Waals surface area contributed by atoms with Crippen LogP contribution in [-0.2, 0) is 6.54 Å². The van der Waals surface area contributed by atoms with Gasteiger partial charge < -0.3 is 19.5 Å². The molecule has 0 fully saturated rings. The molecule has 30 heavy (non-hydrogen) atoms. The minimum Gasteiger partial charge on any atom is -0.493 e. The molecule has 2 aromatic rings. The lowest BCUT2D eigenvalue weighted by atomic mass is 10.2. The van der Waals surface area contributed by atoms with Gasteiger partial charge in [0.15, 0.2) is 16.6 Å². The van der Waals surface area contributed by atoms with Crippen LogP contribution >= 0.6 is 28.1 Å². The van der Waals surface area contributed by atoms with E-state index >= 15 is 0 Å². The van der Waals surface area contributed by atoms with Crippen molar-refractivity contribution in [2.75, 3.05) is 13.7 Å². The number of nitrogens with one attached hydrogen (secondary N) is 2. The van der Waals surface area contributed by atoms with Gasteiger partial charge in [-0.05, 0) is 68.4 Å². The Morgan fingerprint density at radius 2 is 1.87 bits per heavy atom. The molecular formula is C22H27BrN2O4S. The monoisotopic (exact) mass is 494 g/mol. The second kappa shape index (κ2) is 11.8. The van der Waals surface area contributed by atoms with E-state index in [0.717, 1.165) is 16.5 Å². The SMILES string of the molecule is CCCOc1ccc(CNC(=S)NC(=O)c2cc(Br)ccc2OC(C)C)cc1OC. The van der Waals surface area contributed by atoms with E-state index in [1.165, 1.54) is 0 Å². The van der Waals surface area contributed by atoms with E-state index in [2.05, 4.69) is 26.6 Å². The molecule has 2 aromatic carbocycles. The highest BCUT2D eigenvalue weighted by molar-refractivity contribution is 9.10. The van der Waals surface area contributed by atoms with Gasteiger partial charge in [-0.25, -0.2) is 0 Å². The number of thiocarbonyl (C=S) groups is 1. The van der Waals surface area contributed by atoms with Gasteiger partial charge in [0.1, 0.15) is 5.75 Å². The van der Waals surface area contributed by atoms with Gasteiger partial charge in [0, 0.05) is 11.0 Å². The summed E-state index contributed by atoms with van der Waals surface area (Å²) in [6, 6.07) is 11.0. The van der Waals surface area contributed by atoms with Gasteiger partial charge >= 0.3 is 0 Å². The van der Waals surface area contributed by atoms with Crippen LogP contribution in [0.15, 0.2) is 40.9 Å². The van der Waals surface area contributed by atoms with Crippen molar-refractivity contribution in [2.24, 2.45) is 0 Å². The Labute approximate surface area is 191 Å². The number of hydrogen-bond acceptors (Lipinski definition) is 5. The quantitative estimate of drug-likeness (QED) is 0.486. The third-order valence-corrected chi connectivity index (χ3v) is 4.66. The first-order chi connectivity index (χ1) is 14.3. The summed E-state index contributed by atoms with van der Waals surface area (Å²) in [6.07, 6.45) is 0.865. The van der Waals surface area contributed by atoms with Gasteiger partial charge in [-0.1, -0.05) is 28.9 Å². The predicted molar refractivity (Wildman–Crippen MR) is 126 cm³/mol. The fourth-order valence-electron chi connectivity index (χ4n) is 2.59. The van der Waals surface area contributed by atoms with Crippen LogP contribution in [0, 0.1) is 0 Å². The summed E-state index contributed by atoms with van der Waals surface area (Å²) in [4.78, 5) is 12.7. The zero-order valence-electron chi connectivity index (χ0n) is 17.6. The maximum absolute atomic E-state index is 12.7. The number of rotatable bonds is 9. The lowest BCUT2D eigenvalue weighted by Crippen LogP contribution is -2.39. The van der Waals surface area contributed by atoms with Crippen LogP contribution < -0.4 is 24.8 Å². The lowest BCUT2D eigenvalue weighted by Gasteiger charge is -2.16. The Bertz CT molecular complexity index is 889. The number of carbonyl (C=O) groups is 1. The van der Waals surface area contributed by atoms with E-state index < -0.39 is 0 Å². The highest BCUT2D eigenvalue weighted by Gasteiger charge is 2.16. The van der Waals surface area contributed by atoms with Gasteiger partial charge in [-0.3, -0.25) is 10.1 Å². The Kier molecular flexibility index (Phi) is 9.39. The van der Waals surface area contributed by atoms with Crippen LogP contribution in [0.4, 0.5) is 0 Å². The number of ether oxygens (including phenoxy) is 3. The first kappa shape index (κ1) is 24.0. The van der Waals surface area contributed by atoms with Crippen molar-refractivity contribution in [3.8, 4) is 17.2 Å². The summed E-state index contributed by atoms with van der Waals surface area (Å²) in [5.74, 6) is 1.51. The second-order valence-electron chi connectivity index (χ2n) is 6.78. The highest BCUT2D eigenvalue weighted by Crippen LogP contribution is 2.28. The number of amides is 1. The number of hydrogen-bond donors (Lipinski definition) is 2. The first-order valence-electron chi connectivity index (χ1n) is 9.69. The van der Waals surface area contributed by atoms with Gasteiger partial charge in [-0.2, -0.15) is 0 Å². The molecule has 0 atom stereocenters. The molecule has 162 valence electrons. The van der Waals surface area contributed by atoms with Crippen LogP contribution in [-0.4, -0.2) is 30.8 Å². The predicted octanol–water partition coefficient (Wildman–Crippen LogP) is 4.84. The Hall–Kier alpha value is -2.32. The molecule has 0 saturated heterocycles. The fourth-order valence-corrected chi connectivity index (χ4v) is 3.11. The van der Waals surface area contributed by atoms with E-state index in [4.69, 9.17) is 26.4 Å². The van der Waals surface area contributed by atoms with Gasteiger partial charge in [0.25, 0.3) is 5.91 Å². The minimum atomic E-state index is -0.342. The van der Waals surface area contributed by atoms with E-state index in [-0.39, 0.29) is 17.1 Å². The lowest BCUT2D eigenvalue weighted by molar-refractivity contribution is 0.0970. The molecule has 0 bridgehead atoms. The molecule has 6 nitrogen and oxygen atoms in total. The third-order valence-electron chi connectivity index (χ3n) is 3.92. The molecule has 2 N–H and O–H groups in total. The summed E-state index contributed by atoms with van der Waals surface area (Å²) in [6.45, 7) is 6.91. The molecule has 2 rings (SSSR count). The number of halogens is 1. The van der Waals surface area contributed by atoms with Crippen molar-refractivity contribution in [1.82, 2.24) is 10.6 Å². The van der Waals surface area contributed by atoms with Crippen LogP contribution in [0.2, 0.25) is 0 Å². The molecule has 0 saturated carbocycles. The molecule has 0 radical (unpaired) electrons. The summed E-state index contributed by atoms with van der Waals surface area (Å²) in [5, 5.41) is 5.96. The fraction of sp³-hybridized carbons (Fsp3) is 0.364. The Morgan fingerprint density at radius 1 is 1.13 bits per heavy atom. The second-order valence-corrected chi connectivity index (χ2v) is 8.10. The molecule has 8 heteroatoms. The molecule has 0 aliphatic rings.